The number of fused-ring (bicyclic) bond motifs is 1. The van der Waals surface area contributed by atoms with Crippen LogP contribution in [0.4, 0.5) is 4.39 Å². The molecule has 0 atom stereocenters. The summed E-state index contributed by atoms with van der Waals surface area (Å²) in [5.74, 6) is -2.45. The first-order chi connectivity index (χ1) is 12.4. The van der Waals surface area contributed by atoms with Crippen molar-refractivity contribution in [3.63, 3.8) is 0 Å². The van der Waals surface area contributed by atoms with E-state index in [0.29, 0.717) is 16.6 Å². The third-order valence-electron chi connectivity index (χ3n) is 4.91. The normalized spacial score (nSPS) is 13.4. The number of hydrogen-bond acceptors (Lipinski definition) is 4. The van der Waals surface area contributed by atoms with Crippen molar-refractivity contribution in [3.8, 4) is 16.9 Å². The van der Waals surface area contributed by atoms with Crippen LogP contribution in [0.25, 0.3) is 16.6 Å². The maximum atomic E-state index is 13.8. The number of benzene rings is 1. The Morgan fingerprint density at radius 2 is 1.96 bits per heavy atom. The molecule has 1 aliphatic carbocycles. The number of phenolic OH excluding ortho intramolecular Hbond substituents is 1. The number of rotatable bonds is 3. The van der Waals surface area contributed by atoms with Crippen LogP contribution in [-0.4, -0.2) is 15.5 Å². The van der Waals surface area contributed by atoms with Gasteiger partial charge in [0.25, 0.3) is 5.56 Å². The molecule has 3 aromatic rings. The molecule has 4 rings (SSSR count). The van der Waals surface area contributed by atoms with Crippen LogP contribution in [0.3, 0.4) is 0 Å². The van der Waals surface area contributed by atoms with E-state index in [2.05, 4.69) is 0 Å². The fourth-order valence-electron chi connectivity index (χ4n) is 3.44. The molecule has 0 spiro atoms. The Labute approximate surface area is 196 Å². The van der Waals surface area contributed by atoms with E-state index in [9.17, 15) is 24.2 Å². The number of aromatic carboxylic acids is 1. The van der Waals surface area contributed by atoms with E-state index in [1.807, 2.05) is 6.92 Å². The Bertz CT molecular complexity index is 1140. The Morgan fingerprint density at radius 3 is 2.56 bits per heavy atom. The SMILES string of the molecule is Cc1c(-c2ccc(O)c(F)c2)ccn2c(=O)c(C(=O)[O-])cc(C3CC3)c12.[K+]. The van der Waals surface area contributed by atoms with Gasteiger partial charge < -0.3 is 15.0 Å². The molecule has 0 aliphatic heterocycles. The van der Waals surface area contributed by atoms with Crippen LogP contribution in [-0.2, 0) is 0 Å². The van der Waals surface area contributed by atoms with Gasteiger partial charge in [-0.25, -0.2) is 4.39 Å². The number of carbonyl (C=O) groups is 1. The van der Waals surface area contributed by atoms with Crippen molar-refractivity contribution in [2.24, 2.45) is 0 Å². The fraction of sp³-hybridized carbons (Fsp3) is 0.200. The summed E-state index contributed by atoms with van der Waals surface area (Å²) in [6.07, 6.45) is 3.36. The van der Waals surface area contributed by atoms with Gasteiger partial charge in [-0.05, 0) is 72.2 Å². The molecule has 132 valence electrons. The Kier molecular flexibility index (Phi) is 5.61. The maximum absolute atomic E-state index is 13.8. The molecule has 1 aliphatic rings. The van der Waals surface area contributed by atoms with Crippen LogP contribution >= 0.6 is 0 Å². The van der Waals surface area contributed by atoms with Gasteiger partial charge in [-0.15, -0.1) is 0 Å². The number of carbonyl (C=O) groups excluding carboxylic acids is 1. The molecule has 2 aromatic heterocycles. The van der Waals surface area contributed by atoms with E-state index in [-0.39, 0.29) is 62.9 Å². The van der Waals surface area contributed by atoms with Crippen LogP contribution in [0.2, 0.25) is 0 Å². The first kappa shape index (κ1) is 20.2. The average Bonchev–Trinajstić information content (AvgIpc) is 3.43. The van der Waals surface area contributed by atoms with Gasteiger partial charge in [-0.1, -0.05) is 6.07 Å². The Balaban J connectivity index is 0.00000210. The topological polar surface area (TPSA) is 81.8 Å². The van der Waals surface area contributed by atoms with Gasteiger partial charge in [0.1, 0.15) is 0 Å². The van der Waals surface area contributed by atoms with Crippen LogP contribution < -0.4 is 62.1 Å². The standard InChI is InChI=1S/C20H16FNO4.K/c1-10-13(12-4-5-17(23)16(21)8-12)6-7-22-18(10)14(11-2-3-11)9-15(19(22)24)20(25)26;/h4-9,11,23H,2-3H2,1H3,(H,25,26);/q;+1/p-1. The number of nitrogens with zero attached hydrogens (tertiary/aromatic N) is 1. The number of aromatic hydroxyl groups is 1. The van der Waals surface area contributed by atoms with E-state index in [0.717, 1.165) is 24.0 Å². The van der Waals surface area contributed by atoms with Crippen LogP contribution in [0.5, 0.6) is 5.75 Å². The summed E-state index contributed by atoms with van der Waals surface area (Å²) in [5, 5.41) is 20.7. The van der Waals surface area contributed by atoms with Crippen molar-refractivity contribution in [3.05, 3.63) is 69.4 Å². The van der Waals surface area contributed by atoms with Gasteiger partial charge in [-0.3, -0.25) is 9.20 Å². The van der Waals surface area contributed by atoms with E-state index in [4.69, 9.17) is 0 Å². The number of halogens is 1. The van der Waals surface area contributed by atoms with Crippen molar-refractivity contribution in [2.75, 3.05) is 0 Å². The maximum Gasteiger partial charge on any atom is 1.00 e. The van der Waals surface area contributed by atoms with Crippen molar-refractivity contribution in [2.45, 2.75) is 25.7 Å². The van der Waals surface area contributed by atoms with Gasteiger partial charge in [0.05, 0.1) is 17.0 Å². The molecule has 0 radical (unpaired) electrons. The smallest absolute Gasteiger partial charge is 0.545 e. The van der Waals surface area contributed by atoms with Crippen molar-refractivity contribution in [1.82, 2.24) is 4.40 Å². The zero-order valence-corrected chi connectivity index (χ0v) is 18.1. The molecule has 1 N–H and O–H groups in total. The molecular weight excluding hydrogens is 376 g/mol. The number of phenols is 1. The second-order valence-corrected chi connectivity index (χ2v) is 6.62. The fourth-order valence-corrected chi connectivity index (χ4v) is 3.44. The van der Waals surface area contributed by atoms with Crippen LogP contribution in [0, 0.1) is 12.7 Å². The van der Waals surface area contributed by atoms with Gasteiger partial charge in [0.15, 0.2) is 11.6 Å². The molecule has 1 aromatic carbocycles. The van der Waals surface area contributed by atoms with E-state index >= 15 is 0 Å². The predicted molar refractivity (Wildman–Crippen MR) is 91.8 cm³/mol. The van der Waals surface area contributed by atoms with Gasteiger partial charge in [-0.2, -0.15) is 0 Å². The minimum absolute atomic E-state index is 0. The van der Waals surface area contributed by atoms with Crippen molar-refractivity contribution < 1.29 is 70.8 Å². The summed E-state index contributed by atoms with van der Waals surface area (Å²) in [4.78, 5) is 23.8. The van der Waals surface area contributed by atoms with Crippen molar-refractivity contribution >= 4 is 11.5 Å². The zero-order chi connectivity index (χ0) is 18.6. The Hall–Kier alpha value is -1.51. The zero-order valence-electron chi connectivity index (χ0n) is 15.0. The first-order valence-electron chi connectivity index (χ1n) is 8.27. The third-order valence-corrected chi connectivity index (χ3v) is 4.91. The molecule has 0 unspecified atom stereocenters. The predicted octanol–water partition coefficient (Wildman–Crippen LogP) is -0.635. The molecular formula is C20H15FKNO4. The van der Waals surface area contributed by atoms with Crippen molar-refractivity contribution in [1.29, 1.82) is 0 Å². The van der Waals surface area contributed by atoms with Crippen LogP contribution in [0.15, 0.2) is 41.3 Å². The molecule has 0 saturated heterocycles. The van der Waals surface area contributed by atoms with Gasteiger partial charge in [0.2, 0.25) is 0 Å². The van der Waals surface area contributed by atoms with Gasteiger partial charge in [0, 0.05) is 6.20 Å². The largest absolute Gasteiger partial charge is 1.00 e. The molecule has 1 fully saturated rings. The second kappa shape index (κ2) is 7.48. The van der Waals surface area contributed by atoms with E-state index in [1.165, 1.54) is 28.8 Å². The molecule has 27 heavy (non-hydrogen) atoms. The van der Waals surface area contributed by atoms with E-state index in [1.54, 1.807) is 12.1 Å². The number of aryl methyl sites for hydroxylation is 1. The van der Waals surface area contributed by atoms with E-state index < -0.39 is 23.1 Å². The summed E-state index contributed by atoms with van der Waals surface area (Å²) in [7, 11) is 0. The number of carboxylic acids is 1. The minimum Gasteiger partial charge on any atom is -0.545 e. The number of hydrogen-bond donors (Lipinski definition) is 1. The summed E-state index contributed by atoms with van der Waals surface area (Å²) >= 11 is 0. The molecule has 7 heteroatoms. The number of aromatic nitrogens is 1. The summed E-state index contributed by atoms with van der Waals surface area (Å²) in [6.45, 7) is 1.82. The molecule has 0 amide bonds. The Morgan fingerprint density at radius 1 is 1.26 bits per heavy atom. The quantitative estimate of drug-likeness (QED) is 0.603. The molecule has 1 saturated carbocycles. The van der Waals surface area contributed by atoms with Crippen LogP contribution in [0.1, 0.15) is 40.2 Å². The molecule has 5 nitrogen and oxygen atoms in total. The second-order valence-electron chi connectivity index (χ2n) is 6.62. The third kappa shape index (κ3) is 3.50. The summed E-state index contributed by atoms with van der Waals surface area (Å²) in [5.41, 5.74) is 2.48. The minimum atomic E-state index is -1.49. The monoisotopic (exact) mass is 391 g/mol. The van der Waals surface area contributed by atoms with Gasteiger partial charge >= 0.3 is 51.4 Å². The average molecular weight is 391 g/mol. The molecule has 2 heterocycles. The number of pyridine rings is 2. The summed E-state index contributed by atoms with van der Waals surface area (Å²) < 4.78 is 15.1. The first-order valence-corrected chi connectivity index (χ1v) is 8.27. The number of carboxylic acid groups (broad SMARTS) is 1. The summed E-state index contributed by atoms with van der Waals surface area (Å²) in [6, 6.07) is 7.17. The molecule has 0 bridgehead atoms.